The second-order valence-electron chi connectivity index (χ2n) is 6.22. The summed E-state index contributed by atoms with van der Waals surface area (Å²) >= 11 is 0. The topological polar surface area (TPSA) is 46.2 Å². The first-order valence-corrected chi connectivity index (χ1v) is 9.39. The van der Waals surface area contributed by atoms with E-state index in [1.54, 1.807) is 0 Å². The minimum atomic E-state index is -2.81. The van der Waals surface area contributed by atoms with Gasteiger partial charge in [-0.25, -0.2) is 8.42 Å². The smallest absolute Gasteiger partial charge is 0.150 e. The zero-order valence-corrected chi connectivity index (χ0v) is 12.8. The van der Waals surface area contributed by atoms with E-state index in [1.165, 1.54) is 30.4 Å². The summed E-state index contributed by atoms with van der Waals surface area (Å²) in [5, 5.41) is 3.31. The number of hydrogen-bond acceptors (Lipinski definition) is 3. The fourth-order valence-corrected chi connectivity index (χ4v) is 5.32. The molecule has 2 unspecified atom stereocenters. The van der Waals surface area contributed by atoms with Crippen LogP contribution in [0.3, 0.4) is 0 Å². The summed E-state index contributed by atoms with van der Waals surface area (Å²) in [6.45, 7) is 0. The van der Waals surface area contributed by atoms with Crippen LogP contribution in [-0.4, -0.2) is 27.0 Å². The normalized spacial score (nSPS) is 27.1. The highest BCUT2D eigenvalue weighted by atomic mass is 32.2. The molecule has 1 saturated heterocycles. The lowest BCUT2D eigenvalue weighted by Crippen LogP contribution is -2.26. The quantitative estimate of drug-likeness (QED) is 0.928. The molecule has 1 aliphatic heterocycles. The highest BCUT2D eigenvalue weighted by Gasteiger charge is 2.33. The molecule has 0 bridgehead atoms. The first kappa shape index (κ1) is 14.1. The van der Waals surface area contributed by atoms with Crippen molar-refractivity contribution < 1.29 is 8.42 Å². The fourth-order valence-electron chi connectivity index (χ4n) is 3.48. The second kappa shape index (κ2) is 5.49. The van der Waals surface area contributed by atoms with E-state index in [0.717, 1.165) is 12.3 Å². The molecule has 1 saturated carbocycles. The molecule has 0 spiro atoms. The van der Waals surface area contributed by atoms with Crippen LogP contribution < -0.4 is 5.32 Å². The molecule has 3 rings (SSSR count). The van der Waals surface area contributed by atoms with Crippen LogP contribution in [0, 0.1) is 5.92 Å². The van der Waals surface area contributed by atoms with Gasteiger partial charge in [-0.3, -0.25) is 0 Å². The SMILES string of the molecule is CNC(c1ccc(C2CCC2)cc1)C1CCS(=O)(=O)C1. The van der Waals surface area contributed by atoms with Crippen LogP contribution >= 0.6 is 0 Å². The van der Waals surface area contributed by atoms with E-state index in [-0.39, 0.29) is 12.0 Å². The van der Waals surface area contributed by atoms with Crippen LogP contribution in [-0.2, 0) is 9.84 Å². The predicted molar refractivity (Wildman–Crippen MR) is 81.6 cm³/mol. The Bertz CT molecular complexity index is 561. The van der Waals surface area contributed by atoms with E-state index in [1.807, 2.05) is 7.05 Å². The van der Waals surface area contributed by atoms with Gasteiger partial charge in [0.15, 0.2) is 9.84 Å². The lowest BCUT2D eigenvalue weighted by molar-refractivity contribution is 0.413. The largest absolute Gasteiger partial charge is 0.313 e. The molecule has 2 fully saturated rings. The summed E-state index contributed by atoms with van der Waals surface area (Å²) in [4.78, 5) is 0. The number of nitrogens with one attached hydrogen (secondary N) is 1. The van der Waals surface area contributed by atoms with E-state index < -0.39 is 9.84 Å². The Kier molecular flexibility index (Phi) is 3.87. The minimum absolute atomic E-state index is 0.155. The van der Waals surface area contributed by atoms with Crippen molar-refractivity contribution in [1.82, 2.24) is 5.32 Å². The number of hydrogen-bond donors (Lipinski definition) is 1. The molecule has 110 valence electrons. The van der Waals surface area contributed by atoms with Gasteiger partial charge in [0.25, 0.3) is 0 Å². The Morgan fingerprint density at radius 1 is 1.15 bits per heavy atom. The maximum Gasteiger partial charge on any atom is 0.150 e. The summed E-state index contributed by atoms with van der Waals surface area (Å²) in [5.41, 5.74) is 2.66. The molecule has 1 aromatic carbocycles. The van der Waals surface area contributed by atoms with Gasteiger partial charge in [0.05, 0.1) is 11.5 Å². The Morgan fingerprint density at radius 3 is 2.30 bits per heavy atom. The summed E-state index contributed by atoms with van der Waals surface area (Å²) in [7, 11) is -0.889. The van der Waals surface area contributed by atoms with Crippen molar-refractivity contribution in [1.29, 1.82) is 0 Å². The highest BCUT2D eigenvalue weighted by Crippen LogP contribution is 2.37. The second-order valence-corrected chi connectivity index (χ2v) is 8.45. The predicted octanol–water partition coefficient (Wildman–Crippen LogP) is 2.65. The van der Waals surface area contributed by atoms with E-state index in [4.69, 9.17) is 0 Å². The minimum Gasteiger partial charge on any atom is -0.313 e. The third-order valence-electron chi connectivity index (χ3n) is 4.92. The summed E-state index contributed by atoms with van der Waals surface area (Å²) < 4.78 is 23.3. The molecule has 0 radical (unpaired) electrons. The number of sulfone groups is 1. The molecule has 1 aliphatic carbocycles. The van der Waals surface area contributed by atoms with Gasteiger partial charge in [0, 0.05) is 6.04 Å². The molecule has 0 aromatic heterocycles. The average molecular weight is 293 g/mol. The lowest BCUT2D eigenvalue weighted by atomic mass is 9.79. The van der Waals surface area contributed by atoms with Crippen molar-refractivity contribution in [3.8, 4) is 0 Å². The van der Waals surface area contributed by atoms with Gasteiger partial charge < -0.3 is 5.32 Å². The molecular formula is C16H23NO2S. The number of rotatable bonds is 4. The molecule has 3 nitrogen and oxygen atoms in total. The van der Waals surface area contributed by atoms with Crippen molar-refractivity contribution >= 4 is 9.84 Å². The molecule has 4 heteroatoms. The van der Waals surface area contributed by atoms with Gasteiger partial charge in [-0.1, -0.05) is 30.7 Å². The highest BCUT2D eigenvalue weighted by molar-refractivity contribution is 7.91. The maximum absolute atomic E-state index is 11.7. The molecule has 2 atom stereocenters. The van der Waals surface area contributed by atoms with E-state index in [2.05, 4.69) is 29.6 Å². The lowest BCUT2D eigenvalue weighted by Gasteiger charge is -2.27. The van der Waals surface area contributed by atoms with Crippen LogP contribution in [0.5, 0.6) is 0 Å². The molecule has 1 aromatic rings. The average Bonchev–Trinajstić information content (AvgIpc) is 2.70. The van der Waals surface area contributed by atoms with E-state index in [0.29, 0.717) is 11.5 Å². The fraction of sp³-hybridized carbons (Fsp3) is 0.625. The van der Waals surface area contributed by atoms with Crippen molar-refractivity contribution in [2.24, 2.45) is 5.92 Å². The zero-order valence-electron chi connectivity index (χ0n) is 12.0. The first-order chi connectivity index (χ1) is 9.59. The first-order valence-electron chi connectivity index (χ1n) is 7.56. The Balaban J connectivity index is 1.75. The van der Waals surface area contributed by atoms with Crippen molar-refractivity contribution in [3.63, 3.8) is 0 Å². The van der Waals surface area contributed by atoms with Gasteiger partial charge >= 0.3 is 0 Å². The Labute approximate surface area is 121 Å². The van der Waals surface area contributed by atoms with Crippen LogP contribution in [0.1, 0.15) is 48.8 Å². The van der Waals surface area contributed by atoms with E-state index >= 15 is 0 Å². The third-order valence-corrected chi connectivity index (χ3v) is 6.72. The monoisotopic (exact) mass is 293 g/mol. The standard InChI is InChI=1S/C16H23NO2S/c1-17-16(15-9-10-20(18,19)11-15)14-7-5-13(6-8-14)12-3-2-4-12/h5-8,12,15-17H,2-4,9-11H2,1H3. The van der Waals surface area contributed by atoms with Crippen LogP contribution in [0.25, 0.3) is 0 Å². The van der Waals surface area contributed by atoms with Gasteiger partial charge in [0.1, 0.15) is 0 Å². The van der Waals surface area contributed by atoms with Gasteiger partial charge in [-0.2, -0.15) is 0 Å². The molecule has 1 heterocycles. The third kappa shape index (κ3) is 2.77. The van der Waals surface area contributed by atoms with E-state index in [9.17, 15) is 8.42 Å². The summed E-state index contributed by atoms with van der Waals surface area (Å²) in [6.07, 6.45) is 4.76. The van der Waals surface area contributed by atoms with Crippen molar-refractivity contribution in [2.75, 3.05) is 18.6 Å². The van der Waals surface area contributed by atoms with Crippen molar-refractivity contribution in [3.05, 3.63) is 35.4 Å². The Morgan fingerprint density at radius 2 is 1.85 bits per heavy atom. The molecule has 0 amide bonds. The van der Waals surface area contributed by atoms with Gasteiger partial charge in [0.2, 0.25) is 0 Å². The van der Waals surface area contributed by atoms with Crippen LogP contribution in [0.2, 0.25) is 0 Å². The number of benzene rings is 1. The molecule has 20 heavy (non-hydrogen) atoms. The van der Waals surface area contributed by atoms with Crippen LogP contribution in [0.15, 0.2) is 24.3 Å². The van der Waals surface area contributed by atoms with Crippen molar-refractivity contribution in [2.45, 2.75) is 37.6 Å². The van der Waals surface area contributed by atoms with Gasteiger partial charge in [-0.15, -0.1) is 0 Å². The summed E-state index contributed by atoms with van der Waals surface area (Å²) in [5.74, 6) is 1.63. The van der Waals surface area contributed by atoms with Gasteiger partial charge in [-0.05, 0) is 49.3 Å². The molecule has 1 N–H and O–H groups in total. The summed E-state index contributed by atoms with van der Waals surface area (Å²) in [6, 6.07) is 8.97. The Hall–Kier alpha value is -0.870. The van der Waals surface area contributed by atoms with Crippen LogP contribution in [0.4, 0.5) is 0 Å². The molecular weight excluding hydrogens is 270 g/mol. The zero-order chi connectivity index (χ0) is 14.2. The molecule has 2 aliphatic rings. The maximum atomic E-state index is 11.7.